The number of hydrogen-bond acceptors (Lipinski definition) is 3. The molecule has 0 radical (unpaired) electrons. The van der Waals surface area contributed by atoms with Crippen LogP contribution in [0, 0.1) is 18.8 Å². The zero-order chi connectivity index (χ0) is 15.1. The van der Waals surface area contributed by atoms with Gasteiger partial charge in [-0.2, -0.15) is 0 Å². The van der Waals surface area contributed by atoms with Gasteiger partial charge in [-0.3, -0.25) is 9.78 Å². The number of pyridine rings is 1. The lowest BCUT2D eigenvalue weighted by Gasteiger charge is -2.08. The molecule has 0 saturated heterocycles. The molecule has 0 aliphatic carbocycles. The van der Waals surface area contributed by atoms with E-state index in [9.17, 15) is 4.79 Å². The number of aliphatic hydroxyl groups is 1. The fraction of sp³-hybridized carbons (Fsp3) is 0.176. The van der Waals surface area contributed by atoms with E-state index in [1.165, 1.54) is 0 Å². The van der Waals surface area contributed by atoms with E-state index in [1.54, 1.807) is 18.3 Å². The van der Waals surface area contributed by atoms with Gasteiger partial charge in [0.1, 0.15) is 6.61 Å². The van der Waals surface area contributed by atoms with E-state index < -0.39 is 0 Å². The van der Waals surface area contributed by atoms with E-state index in [0.717, 1.165) is 11.3 Å². The van der Waals surface area contributed by atoms with Crippen LogP contribution in [0.3, 0.4) is 0 Å². The number of aliphatic hydroxyl groups excluding tert-OH is 1. The van der Waals surface area contributed by atoms with E-state index in [1.807, 2.05) is 31.2 Å². The van der Waals surface area contributed by atoms with Crippen molar-refractivity contribution in [3.63, 3.8) is 0 Å². The van der Waals surface area contributed by atoms with Gasteiger partial charge in [-0.1, -0.05) is 30.0 Å². The van der Waals surface area contributed by atoms with Gasteiger partial charge in [-0.25, -0.2) is 0 Å². The summed E-state index contributed by atoms with van der Waals surface area (Å²) in [6.45, 7) is 1.71. The first-order chi connectivity index (χ1) is 10.2. The number of benzene rings is 1. The van der Waals surface area contributed by atoms with Crippen LogP contribution in [-0.4, -0.2) is 22.6 Å². The van der Waals surface area contributed by atoms with Gasteiger partial charge in [0.25, 0.3) is 0 Å². The van der Waals surface area contributed by atoms with Gasteiger partial charge in [-0.05, 0) is 30.7 Å². The zero-order valence-electron chi connectivity index (χ0n) is 11.8. The molecule has 4 nitrogen and oxygen atoms in total. The summed E-state index contributed by atoms with van der Waals surface area (Å²) in [6.07, 6.45) is 1.89. The number of nitrogens with one attached hydrogen (secondary N) is 1. The van der Waals surface area contributed by atoms with Crippen LogP contribution in [-0.2, 0) is 11.2 Å². The number of aromatic nitrogens is 1. The minimum atomic E-state index is -0.213. The highest BCUT2D eigenvalue weighted by Gasteiger charge is 2.08. The highest BCUT2D eigenvalue weighted by molar-refractivity contribution is 5.93. The molecular weight excluding hydrogens is 264 g/mol. The molecule has 1 aromatic heterocycles. The number of rotatable bonds is 3. The van der Waals surface area contributed by atoms with E-state index in [0.29, 0.717) is 11.3 Å². The maximum absolute atomic E-state index is 12.1. The van der Waals surface area contributed by atoms with Crippen molar-refractivity contribution in [3.8, 4) is 11.8 Å². The topological polar surface area (TPSA) is 62.2 Å². The van der Waals surface area contributed by atoms with Gasteiger partial charge in [0.05, 0.1) is 17.8 Å². The summed E-state index contributed by atoms with van der Waals surface area (Å²) in [7, 11) is 0. The zero-order valence-corrected chi connectivity index (χ0v) is 11.8. The van der Waals surface area contributed by atoms with Gasteiger partial charge in [0, 0.05) is 11.8 Å². The Hall–Kier alpha value is -2.64. The summed E-state index contributed by atoms with van der Waals surface area (Å²) in [5.41, 5.74) is 3.06. The summed E-state index contributed by atoms with van der Waals surface area (Å²) in [6, 6.07) is 11.0. The molecule has 0 aliphatic rings. The molecule has 2 aromatic rings. The first-order valence-electron chi connectivity index (χ1n) is 6.60. The molecule has 0 saturated carbocycles. The molecule has 21 heavy (non-hydrogen) atoms. The molecule has 0 atom stereocenters. The quantitative estimate of drug-likeness (QED) is 0.844. The van der Waals surface area contributed by atoms with Crippen molar-refractivity contribution >= 4 is 11.6 Å². The maximum atomic E-state index is 12.1. The SMILES string of the molecule is Cc1cccnc1CC(=O)Nc1ccccc1C#CCO. The van der Waals surface area contributed by atoms with Crippen LogP contribution in [0.1, 0.15) is 16.8 Å². The summed E-state index contributed by atoms with van der Waals surface area (Å²) >= 11 is 0. The monoisotopic (exact) mass is 280 g/mol. The van der Waals surface area contributed by atoms with Crippen molar-refractivity contribution in [1.29, 1.82) is 0 Å². The lowest BCUT2D eigenvalue weighted by molar-refractivity contribution is -0.115. The smallest absolute Gasteiger partial charge is 0.230 e. The summed E-state index contributed by atoms with van der Waals surface area (Å²) < 4.78 is 0. The van der Waals surface area contributed by atoms with Gasteiger partial charge in [0.15, 0.2) is 0 Å². The minimum absolute atomic E-state index is 0.143. The van der Waals surface area contributed by atoms with Crippen molar-refractivity contribution in [3.05, 3.63) is 59.4 Å². The first kappa shape index (κ1) is 14.8. The molecule has 1 heterocycles. The van der Waals surface area contributed by atoms with Crippen LogP contribution < -0.4 is 5.32 Å². The third-order valence-corrected chi connectivity index (χ3v) is 2.95. The summed E-state index contributed by atoms with van der Waals surface area (Å²) in [5, 5.41) is 11.6. The fourth-order valence-corrected chi connectivity index (χ4v) is 1.89. The van der Waals surface area contributed by atoms with Gasteiger partial charge in [-0.15, -0.1) is 0 Å². The summed E-state index contributed by atoms with van der Waals surface area (Å²) in [4.78, 5) is 16.3. The Morgan fingerprint density at radius 3 is 2.86 bits per heavy atom. The number of carbonyl (C=O) groups is 1. The Morgan fingerprint density at radius 2 is 2.10 bits per heavy atom. The largest absolute Gasteiger partial charge is 0.384 e. The van der Waals surface area contributed by atoms with Crippen molar-refractivity contribution in [2.45, 2.75) is 13.3 Å². The van der Waals surface area contributed by atoms with E-state index in [4.69, 9.17) is 5.11 Å². The maximum Gasteiger partial charge on any atom is 0.230 e. The predicted octanol–water partition coefficient (Wildman–Crippen LogP) is 1.92. The first-order valence-corrected chi connectivity index (χ1v) is 6.60. The second-order valence-corrected chi connectivity index (χ2v) is 4.50. The number of amides is 1. The van der Waals surface area contributed by atoms with Crippen molar-refractivity contribution < 1.29 is 9.90 Å². The predicted molar refractivity (Wildman–Crippen MR) is 81.7 cm³/mol. The Labute approximate surface area is 123 Å². The third-order valence-electron chi connectivity index (χ3n) is 2.95. The van der Waals surface area contributed by atoms with E-state index >= 15 is 0 Å². The van der Waals surface area contributed by atoms with Crippen molar-refractivity contribution in [1.82, 2.24) is 4.98 Å². The van der Waals surface area contributed by atoms with Gasteiger partial charge >= 0.3 is 0 Å². The standard InChI is InChI=1S/C17H16N2O2/c1-13-6-4-10-18-16(13)12-17(21)19-15-9-3-2-7-14(15)8-5-11-20/h2-4,6-7,9-10,20H,11-12H2,1H3,(H,19,21). The molecule has 1 aromatic carbocycles. The van der Waals surface area contributed by atoms with Crippen molar-refractivity contribution in [2.75, 3.05) is 11.9 Å². The lowest BCUT2D eigenvalue weighted by Crippen LogP contribution is -2.16. The molecule has 2 N–H and O–H groups in total. The molecule has 4 heteroatoms. The summed E-state index contributed by atoms with van der Waals surface area (Å²) in [5.74, 6) is 5.25. The van der Waals surface area contributed by atoms with Crippen LogP contribution in [0.25, 0.3) is 0 Å². The second kappa shape index (κ2) is 7.22. The molecule has 0 spiro atoms. The normalized spacial score (nSPS) is 9.62. The number of anilines is 1. The van der Waals surface area contributed by atoms with Crippen LogP contribution in [0.15, 0.2) is 42.6 Å². The van der Waals surface area contributed by atoms with Crippen molar-refractivity contribution in [2.24, 2.45) is 0 Å². The molecule has 1 amide bonds. The number of hydrogen-bond donors (Lipinski definition) is 2. The molecular formula is C17H16N2O2. The van der Waals surface area contributed by atoms with Gasteiger partial charge < -0.3 is 10.4 Å². The van der Waals surface area contributed by atoms with Crippen LogP contribution in [0.4, 0.5) is 5.69 Å². The minimum Gasteiger partial charge on any atom is -0.384 e. The van der Waals surface area contributed by atoms with E-state index in [2.05, 4.69) is 22.1 Å². The Morgan fingerprint density at radius 1 is 1.29 bits per heavy atom. The number of nitrogens with zero attached hydrogens (tertiary/aromatic N) is 1. The van der Waals surface area contributed by atoms with Gasteiger partial charge in [0.2, 0.25) is 5.91 Å². The third kappa shape index (κ3) is 4.16. The highest BCUT2D eigenvalue weighted by atomic mass is 16.2. The molecule has 0 bridgehead atoms. The average molecular weight is 280 g/mol. The number of carbonyl (C=O) groups excluding carboxylic acids is 1. The van der Waals surface area contributed by atoms with Crippen LogP contribution >= 0.6 is 0 Å². The fourth-order valence-electron chi connectivity index (χ4n) is 1.89. The molecule has 0 fully saturated rings. The highest BCUT2D eigenvalue weighted by Crippen LogP contribution is 2.14. The molecule has 2 rings (SSSR count). The lowest BCUT2D eigenvalue weighted by atomic mass is 10.1. The molecule has 0 aliphatic heterocycles. The molecule has 106 valence electrons. The molecule has 0 unspecified atom stereocenters. The Balaban J connectivity index is 2.12. The average Bonchev–Trinajstić information content (AvgIpc) is 2.49. The van der Waals surface area contributed by atoms with Crippen LogP contribution in [0.2, 0.25) is 0 Å². The number of para-hydroxylation sites is 1. The van der Waals surface area contributed by atoms with E-state index in [-0.39, 0.29) is 18.9 Å². The number of aryl methyl sites for hydroxylation is 1. The second-order valence-electron chi connectivity index (χ2n) is 4.50. The Bertz CT molecular complexity index is 699. The van der Waals surface area contributed by atoms with Crippen LogP contribution in [0.5, 0.6) is 0 Å². The Kier molecular flexibility index (Phi) is 5.08.